The van der Waals surface area contributed by atoms with Gasteiger partial charge in [-0.15, -0.1) is 11.3 Å². The average Bonchev–Trinajstić information content (AvgIpc) is 3.33. The molecule has 6 heteroatoms. The normalized spacial score (nSPS) is 15.4. The molecule has 1 aliphatic rings. The summed E-state index contributed by atoms with van der Waals surface area (Å²) < 4.78 is 7.92. The SMILES string of the molecule is Cc1c(C(C)(C)C)s/c(=N\C(=O)c2cccnc2OC(C)C)n1CC1CC1. The van der Waals surface area contributed by atoms with E-state index < -0.39 is 0 Å². The Kier molecular flexibility index (Phi) is 5.56. The van der Waals surface area contributed by atoms with Crippen molar-refractivity contribution < 1.29 is 9.53 Å². The van der Waals surface area contributed by atoms with Gasteiger partial charge in [0.15, 0.2) is 4.80 Å². The highest BCUT2D eigenvalue weighted by Crippen LogP contribution is 2.33. The molecule has 1 aliphatic carbocycles. The molecule has 2 heterocycles. The van der Waals surface area contributed by atoms with Crippen LogP contribution in [0.1, 0.15) is 68.4 Å². The lowest BCUT2D eigenvalue weighted by atomic mass is 9.93. The van der Waals surface area contributed by atoms with Crippen LogP contribution in [0.3, 0.4) is 0 Å². The summed E-state index contributed by atoms with van der Waals surface area (Å²) in [5.41, 5.74) is 1.65. The van der Waals surface area contributed by atoms with E-state index in [-0.39, 0.29) is 17.4 Å². The fourth-order valence-corrected chi connectivity index (χ4v) is 4.25. The molecule has 1 saturated carbocycles. The number of hydrogen-bond acceptors (Lipinski definition) is 4. The van der Waals surface area contributed by atoms with Crippen LogP contribution in [0.15, 0.2) is 23.3 Å². The first-order chi connectivity index (χ1) is 12.7. The van der Waals surface area contributed by atoms with Crippen molar-refractivity contribution in [1.29, 1.82) is 0 Å². The molecule has 2 aromatic heterocycles. The monoisotopic (exact) mass is 387 g/mol. The lowest BCUT2D eigenvalue weighted by Crippen LogP contribution is -2.20. The molecule has 0 bridgehead atoms. The Labute approximate surface area is 165 Å². The van der Waals surface area contributed by atoms with Crippen LogP contribution in [0, 0.1) is 12.8 Å². The van der Waals surface area contributed by atoms with Crippen molar-refractivity contribution in [2.75, 3.05) is 0 Å². The van der Waals surface area contributed by atoms with Crippen LogP contribution in [0.25, 0.3) is 0 Å². The molecule has 5 nitrogen and oxygen atoms in total. The Bertz CT molecular complexity index is 899. The molecule has 146 valence electrons. The van der Waals surface area contributed by atoms with Gasteiger partial charge in [-0.3, -0.25) is 4.79 Å². The zero-order valence-corrected chi connectivity index (χ0v) is 17.9. The first-order valence-corrected chi connectivity index (χ1v) is 10.4. The van der Waals surface area contributed by atoms with E-state index in [4.69, 9.17) is 4.74 Å². The summed E-state index contributed by atoms with van der Waals surface area (Å²) in [6, 6.07) is 3.47. The van der Waals surface area contributed by atoms with Crippen LogP contribution in [0.4, 0.5) is 0 Å². The summed E-state index contributed by atoms with van der Waals surface area (Å²) in [5.74, 6) is 0.753. The van der Waals surface area contributed by atoms with Crippen molar-refractivity contribution in [3.8, 4) is 5.88 Å². The number of carbonyl (C=O) groups excluding carboxylic acids is 1. The van der Waals surface area contributed by atoms with Crippen molar-refractivity contribution in [1.82, 2.24) is 9.55 Å². The Morgan fingerprint density at radius 3 is 2.70 bits per heavy atom. The lowest BCUT2D eigenvalue weighted by Gasteiger charge is -2.17. The van der Waals surface area contributed by atoms with E-state index in [1.807, 2.05) is 13.8 Å². The van der Waals surface area contributed by atoms with Gasteiger partial charge in [0.1, 0.15) is 5.56 Å². The first kappa shape index (κ1) is 19.8. The van der Waals surface area contributed by atoms with E-state index in [0.717, 1.165) is 11.3 Å². The van der Waals surface area contributed by atoms with Crippen molar-refractivity contribution in [3.05, 3.63) is 39.3 Å². The highest BCUT2D eigenvalue weighted by Gasteiger charge is 2.27. The molecule has 0 unspecified atom stereocenters. The molecule has 0 aromatic carbocycles. The number of pyridine rings is 1. The van der Waals surface area contributed by atoms with E-state index in [9.17, 15) is 4.79 Å². The maximum absolute atomic E-state index is 12.9. The number of thiazole rings is 1. The molecule has 2 aromatic rings. The van der Waals surface area contributed by atoms with Crippen LogP contribution in [0.5, 0.6) is 5.88 Å². The summed E-state index contributed by atoms with van der Waals surface area (Å²) in [7, 11) is 0. The minimum Gasteiger partial charge on any atom is -0.474 e. The number of amides is 1. The summed E-state index contributed by atoms with van der Waals surface area (Å²) >= 11 is 1.62. The van der Waals surface area contributed by atoms with E-state index in [1.54, 1.807) is 29.7 Å². The Balaban J connectivity index is 2.05. The largest absolute Gasteiger partial charge is 0.474 e. The maximum atomic E-state index is 12.9. The number of hydrogen-bond donors (Lipinski definition) is 0. The average molecular weight is 388 g/mol. The minimum absolute atomic E-state index is 0.0249. The van der Waals surface area contributed by atoms with E-state index in [0.29, 0.717) is 17.4 Å². The molecule has 0 atom stereocenters. The topological polar surface area (TPSA) is 56.5 Å². The number of rotatable bonds is 5. The Morgan fingerprint density at radius 1 is 1.41 bits per heavy atom. The van der Waals surface area contributed by atoms with Crippen LogP contribution in [0.2, 0.25) is 0 Å². The van der Waals surface area contributed by atoms with Gasteiger partial charge in [-0.1, -0.05) is 20.8 Å². The molecule has 27 heavy (non-hydrogen) atoms. The number of carbonyl (C=O) groups is 1. The maximum Gasteiger partial charge on any atom is 0.285 e. The van der Waals surface area contributed by atoms with Gasteiger partial charge in [0.05, 0.1) is 6.10 Å². The number of ether oxygens (including phenoxy) is 1. The predicted molar refractivity (Wildman–Crippen MR) is 108 cm³/mol. The van der Waals surface area contributed by atoms with Gasteiger partial charge in [-0.2, -0.15) is 4.99 Å². The number of nitrogens with zero attached hydrogens (tertiary/aromatic N) is 3. The second kappa shape index (κ2) is 7.58. The molecule has 3 rings (SSSR count). The Morgan fingerprint density at radius 2 is 2.11 bits per heavy atom. The summed E-state index contributed by atoms with van der Waals surface area (Å²) in [6.07, 6.45) is 4.10. The summed E-state index contributed by atoms with van der Waals surface area (Å²) in [5, 5.41) is 0. The first-order valence-electron chi connectivity index (χ1n) is 9.58. The predicted octanol–water partition coefficient (Wildman–Crippen LogP) is 4.49. The van der Waals surface area contributed by atoms with Gasteiger partial charge in [-0.25, -0.2) is 4.98 Å². The third-order valence-corrected chi connectivity index (χ3v) is 6.13. The second-order valence-corrected chi connectivity index (χ2v) is 9.52. The van der Waals surface area contributed by atoms with Crippen molar-refractivity contribution >= 4 is 17.2 Å². The van der Waals surface area contributed by atoms with Gasteiger partial charge in [0.25, 0.3) is 5.91 Å². The quantitative estimate of drug-likeness (QED) is 0.759. The van der Waals surface area contributed by atoms with E-state index >= 15 is 0 Å². The third-order valence-electron chi connectivity index (χ3n) is 4.52. The fourth-order valence-electron chi connectivity index (χ4n) is 3.06. The highest BCUT2D eigenvalue weighted by atomic mass is 32.1. The van der Waals surface area contributed by atoms with Crippen molar-refractivity contribution in [2.45, 2.75) is 72.4 Å². The molecule has 0 spiro atoms. The van der Waals surface area contributed by atoms with Gasteiger partial charge < -0.3 is 9.30 Å². The van der Waals surface area contributed by atoms with Crippen LogP contribution in [-0.2, 0) is 12.0 Å². The van der Waals surface area contributed by atoms with Gasteiger partial charge in [0.2, 0.25) is 5.88 Å². The van der Waals surface area contributed by atoms with Gasteiger partial charge in [-0.05, 0) is 57.1 Å². The van der Waals surface area contributed by atoms with Gasteiger partial charge in [0, 0.05) is 23.3 Å². The minimum atomic E-state index is -0.301. The summed E-state index contributed by atoms with van der Waals surface area (Å²) in [4.78, 5) is 23.7. The zero-order chi connectivity index (χ0) is 19.8. The molecule has 0 N–H and O–H groups in total. The molecule has 0 saturated heterocycles. The molecule has 1 fully saturated rings. The fraction of sp³-hybridized carbons (Fsp3) is 0.571. The summed E-state index contributed by atoms with van der Waals surface area (Å²) in [6.45, 7) is 13.5. The van der Waals surface area contributed by atoms with Crippen LogP contribution < -0.4 is 9.54 Å². The Hall–Kier alpha value is -1.95. The number of aromatic nitrogens is 2. The third kappa shape index (κ3) is 4.67. The standard InChI is InChI=1S/C21H29N3O2S/c1-13(2)26-19-16(8-7-11-22-19)18(25)23-20-24(12-15-9-10-15)14(3)17(27-20)21(4,5)6/h7-8,11,13,15H,9-10,12H2,1-6H3/b23-20-. The zero-order valence-electron chi connectivity index (χ0n) is 17.1. The molecular weight excluding hydrogens is 358 g/mol. The smallest absolute Gasteiger partial charge is 0.285 e. The van der Waals surface area contributed by atoms with Gasteiger partial charge >= 0.3 is 0 Å². The van der Waals surface area contributed by atoms with E-state index in [1.165, 1.54) is 23.4 Å². The van der Waals surface area contributed by atoms with E-state index in [2.05, 4.69) is 42.2 Å². The van der Waals surface area contributed by atoms with Crippen molar-refractivity contribution in [2.24, 2.45) is 10.9 Å². The van der Waals surface area contributed by atoms with Crippen LogP contribution in [-0.4, -0.2) is 21.6 Å². The lowest BCUT2D eigenvalue weighted by molar-refractivity contribution is 0.0990. The molecule has 0 radical (unpaired) electrons. The van der Waals surface area contributed by atoms with Crippen molar-refractivity contribution in [3.63, 3.8) is 0 Å². The second-order valence-electron chi connectivity index (χ2n) is 8.54. The van der Waals surface area contributed by atoms with Crippen LogP contribution >= 0.6 is 11.3 Å². The molecule has 1 amide bonds. The molecule has 0 aliphatic heterocycles. The molecular formula is C21H29N3O2S. The highest BCUT2D eigenvalue weighted by molar-refractivity contribution is 7.09.